The molecule has 1 saturated heterocycles. The van der Waals surface area contributed by atoms with Gasteiger partial charge in [0.2, 0.25) is 5.95 Å². The standard InChI is InChI=1S/C17H24N6/c1-4-22-8-10-23(11-9-22)17-20-15(12-18-21-17)19-16-13(2)6-5-7-14(16)3/h5-7,12H,4,8-11H2,1-3H3,(H,19,20,21). The molecular weight excluding hydrogens is 288 g/mol. The van der Waals surface area contributed by atoms with Crippen LogP contribution in [0.4, 0.5) is 17.5 Å². The summed E-state index contributed by atoms with van der Waals surface area (Å²) in [6.07, 6.45) is 1.68. The lowest BCUT2D eigenvalue weighted by Crippen LogP contribution is -2.46. The molecule has 0 amide bonds. The third kappa shape index (κ3) is 3.59. The van der Waals surface area contributed by atoms with Gasteiger partial charge in [-0.25, -0.2) is 0 Å². The molecule has 2 heterocycles. The number of para-hydroxylation sites is 1. The van der Waals surface area contributed by atoms with E-state index in [0.29, 0.717) is 5.95 Å². The highest BCUT2D eigenvalue weighted by atomic mass is 15.4. The van der Waals surface area contributed by atoms with Crippen LogP contribution in [0.2, 0.25) is 0 Å². The molecule has 0 atom stereocenters. The normalized spacial score (nSPS) is 15.7. The summed E-state index contributed by atoms with van der Waals surface area (Å²) in [5, 5.41) is 11.7. The summed E-state index contributed by atoms with van der Waals surface area (Å²) in [7, 11) is 0. The van der Waals surface area contributed by atoms with Gasteiger partial charge in [0.25, 0.3) is 0 Å². The van der Waals surface area contributed by atoms with Crippen LogP contribution in [-0.2, 0) is 0 Å². The Kier molecular flexibility index (Phi) is 4.71. The molecule has 1 aliphatic rings. The molecule has 0 spiro atoms. The van der Waals surface area contributed by atoms with Crippen LogP contribution in [0.3, 0.4) is 0 Å². The first-order chi connectivity index (χ1) is 11.2. The summed E-state index contributed by atoms with van der Waals surface area (Å²) in [6, 6.07) is 6.25. The van der Waals surface area contributed by atoms with Crippen molar-refractivity contribution in [1.29, 1.82) is 0 Å². The maximum atomic E-state index is 4.65. The Morgan fingerprint density at radius 3 is 2.43 bits per heavy atom. The van der Waals surface area contributed by atoms with E-state index in [0.717, 1.165) is 44.2 Å². The van der Waals surface area contributed by atoms with Crippen molar-refractivity contribution in [1.82, 2.24) is 20.1 Å². The Morgan fingerprint density at radius 2 is 1.78 bits per heavy atom. The molecule has 6 nitrogen and oxygen atoms in total. The van der Waals surface area contributed by atoms with Crippen molar-refractivity contribution in [2.45, 2.75) is 20.8 Å². The van der Waals surface area contributed by atoms with Gasteiger partial charge >= 0.3 is 0 Å². The fraction of sp³-hybridized carbons (Fsp3) is 0.471. The van der Waals surface area contributed by atoms with E-state index in [1.54, 1.807) is 6.20 Å². The molecule has 1 N–H and O–H groups in total. The van der Waals surface area contributed by atoms with Gasteiger partial charge in [0.05, 0.1) is 6.20 Å². The molecule has 2 aromatic rings. The Labute approximate surface area is 137 Å². The Bertz CT molecular complexity index is 644. The minimum Gasteiger partial charge on any atom is -0.338 e. The zero-order valence-electron chi connectivity index (χ0n) is 14.1. The van der Waals surface area contributed by atoms with Crippen molar-refractivity contribution in [3.8, 4) is 0 Å². The largest absolute Gasteiger partial charge is 0.338 e. The minimum absolute atomic E-state index is 0.706. The topological polar surface area (TPSA) is 57.2 Å². The molecule has 0 aliphatic carbocycles. The summed E-state index contributed by atoms with van der Waals surface area (Å²) in [4.78, 5) is 9.28. The van der Waals surface area contributed by atoms with Crippen LogP contribution in [0.25, 0.3) is 0 Å². The van der Waals surface area contributed by atoms with Gasteiger partial charge in [0.1, 0.15) is 0 Å². The highest BCUT2D eigenvalue weighted by Crippen LogP contribution is 2.23. The molecule has 23 heavy (non-hydrogen) atoms. The van der Waals surface area contributed by atoms with Gasteiger partial charge in [0, 0.05) is 31.9 Å². The lowest BCUT2D eigenvalue weighted by Gasteiger charge is -2.33. The van der Waals surface area contributed by atoms with Gasteiger partial charge in [-0.05, 0) is 31.5 Å². The van der Waals surface area contributed by atoms with E-state index in [9.17, 15) is 0 Å². The van der Waals surface area contributed by atoms with Gasteiger partial charge in [-0.1, -0.05) is 25.1 Å². The minimum atomic E-state index is 0.706. The highest BCUT2D eigenvalue weighted by Gasteiger charge is 2.18. The number of nitrogens with zero attached hydrogens (tertiary/aromatic N) is 5. The maximum Gasteiger partial charge on any atom is 0.247 e. The van der Waals surface area contributed by atoms with Crippen molar-refractivity contribution < 1.29 is 0 Å². The molecule has 1 aliphatic heterocycles. The van der Waals surface area contributed by atoms with Crippen LogP contribution in [0.15, 0.2) is 24.4 Å². The van der Waals surface area contributed by atoms with Crippen LogP contribution in [0, 0.1) is 13.8 Å². The van der Waals surface area contributed by atoms with Crippen LogP contribution in [0.5, 0.6) is 0 Å². The van der Waals surface area contributed by atoms with Crippen molar-refractivity contribution in [3.63, 3.8) is 0 Å². The molecule has 1 fully saturated rings. The van der Waals surface area contributed by atoms with Crippen LogP contribution < -0.4 is 10.2 Å². The summed E-state index contributed by atoms with van der Waals surface area (Å²) in [5.41, 5.74) is 3.48. The Balaban J connectivity index is 1.75. The summed E-state index contributed by atoms with van der Waals surface area (Å²) >= 11 is 0. The molecule has 1 aromatic carbocycles. The first-order valence-electron chi connectivity index (χ1n) is 8.17. The van der Waals surface area contributed by atoms with Gasteiger partial charge in [-0.3, -0.25) is 0 Å². The average Bonchev–Trinajstić information content (AvgIpc) is 2.59. The second-order valence-electron chi connectivity index (χ2n) is 5.95. The molecule has 6 heteroatoms. The fourth-order valence-electron chi connectivity index (χ4n) is 2.89. The molecule has 0 unspecified atom stereocenters. The number of rotatable bonds is 4. The van der Waals surface area contributed by atoms with Crippen molar-refractivity contribution >= 4 is 17.5 Å². The monoisotopic (exact) mass is 312 g/mol. The van der Waals surface area contributed by atoms with Gasteiger partial charge in [0.15, 0.2) is 5.82 Å². The third-order valence-electron chi connectivity index (χ3n) is 4.38. The Morgan fingerprint density at radius 1 is 1.09 bits per heavy atom. The zero-order chi connectivity index (χ0) is 16.2. The molecule has 1 aromatic heterocycles. The molecule has 0 saturated carbocycles. The number of hydrogen-bond acceptors (Lipinski definition) is 6. The van der Waals surface area contributed by atoms with Crippen LogP contribution >= 0.6 is 0 Å². The number of benzene rings is 1. The van der Waals surface area contributed by atoms with Gasteiger partial charge in [-0.2, -0.15) is 10.1 Å². The van der Waals surface area contributed by atoms with Crippen molar-refractivity contribution in [2.75, 3.05) is 42.9 Å². The van der Waals surface area contributed by atoms with E-state index in [4.69, 9.17) is 0 Å². The number of aromatic nitrogens is 3. The summed E-state index contributed by atoms with van der Waals surface area (Å²) in [5.74, 6) is 1.45. The van der Waals surface area contributed by atoms with E-state index >= 15 is 0 Å². The Hall–Kier alpha value is -2.21. The predicted molar refractivity (Wildman–Crippen MR) is 93.4 cm³/mol. The maximum absolute atomic E-state index is 4.65. The molecule has 0 bridgehead atoms. The number of hydrogen-bond donors (Lipinski definition) is 1. The van der Waals surface area contributed by atoms with E-state index in [2.05, 4.69) is 69.3 Å². The summed E-state index contributed by atoms with van der Waals surface area (Å²) in [6.45, 7) is 11.5. The fourth-order valence-corrected chi connectivity index (χ4v) is 2.89. The number of likely N-dealkylation sites (N-methyl/N-ethyl adjacent to an activating group) is 1. The van der Waals surface area contributed by atoms with E-state index in [1.165, 1.54) is 11.1 Å². The average molecular weight is 312 g/mol. The number of nitrogens with one attached hydrogen (secondary N) is 1. The molecular formula is C17H24N6. The first-order valence-corrected chi connectivity index (χ1v) is 8.17. The van der Waals surface area contributed by atoms with E-state index in [1.807, 2.05) is 0 Å². The molecule has 3 rings (SSSR count). The third-order valence-corrected chi connectivity index (χ3v) is 4.38. The van der Waals surface area contributed by atoms with Crippen LogP contribution in [-0.4, -0.2) is 52.8 Å². The highest BCUT2D eigenvalue weighted by molar-refractivity contribution is 5.64. The van der Waals surface area contributed by atoms with Crippen molar-refractivity contribution in [3.05, 3.63) is 35.5 Å². The second kappa shape index (κ2) is 6.91. The number of anilines is 3. The lowest BCUT2D eigenvalue weighted by atomic mass is 10.1. The quantitative estimate of drug-likeness (QED) is 0.935. The predicted octanol–water partition coefficient (Wildman–Crippen LogP) is 2.37. The summed E-state index contributed by atoms with van der Waals surface area (Å²) < 4.78 is 0. The first kappa shape index (κ1) is 15.7. The van der Waals surface area contributed by atoms with Gasteiger partial charge in [-0.15, -0.1) is 5.10 Å². The van der Waals surface area contributed by atoms with E-state index < -0.39 is 0 Å². The second-order valence-corrected chi connectivity index (χ2v) is 5.95. The van der Waals surface area contributed by atoms with Crippen LogP contribution in [0.1, 0.15) is 18.1 Å². The lowest BCUT2D eigenvalue weighted by molar-refractivity contribution is 0.269. The van der Waals surface area contributed by atoms with Crippen molar-refractivity contribution in [2.24, 2.45) is 0 Å². The molecule has 122 valence electrons. The zero-order valence-corrected chi connectivity index (χ0v) is 14.1. The SMILES string of the molecule is CCN1CCN(c2nncc(Nc3c(C)cccc3C)n2)CC1. The van der Waals surface area contributed by atoms with E-state index in [-0.39, 0.29) is 0 Å². The van der Waals surface area contributed by atoms with Gasteiger partial charge < -0.3 is 15.1 Å². The number of piperazine rings is 1. The molecule has 0 radical (unpaired) electrons. The number of aryl methyl sites for hydroxylation is 2. The smallest absolute Gasteiger partial charge is 0.247 e.